The number of ether oxygens (including phenoxy) is 3. The molecule has 0 aliphatic carbocycles. The van der Waals surface area contributed by atoms with E-state index in [-0.39, 0.29) is 5.91 Å². The summed E-state index contributed by atoms with van der Waals surface area (Å²) in [5.41, 5.74) is 1.08. The molecule has 0 unspecified atom stereocenters. The largest absolute Gasteiger partial charge is 0.494 e. The molecule has 0 fully saturated rings. The van der Waals surface area contributed by atoms with Crippen molar-refractivity contribution in [3.8, 4) is 17.2 Å². The van der Waals surface area contributed by atoms with Crippen LogP contribution in [0.1, 0.15) is 17.3 Å². The van der Waals surface area contributed by atoms with E-state index in [9.17, 15) is 4.79 Å². The van der Waals surface area contributed by atoms with E-state index in [1.807, 2.05) is 6.92 Å². The molecular formula is C17H16ClNO4. The van der Waals surface area contributed by atoms with Gasteiger partial charge in [0, 0.05) is 11.3 Å². The Morgan fingerprint density at radius 3 is 2.70 bits per heavy atom. The predicted molar refractivity (Wildman–Crippen MR) is 88.0 cm³/mol. The quantitative estimate of drug-likeness (QED) is 0.925. The number of halogens is 1. The summed E-state index contributed by atoms with van der Waals surface area (Å²) < 4.78 is 16.3. The van der Waals surface area contributed by atoms with Crippen molar-refractivity contribution >= 4 is 23.2 Å². The molecule has 6 heteroatoms. The molecule has 0 bridgehead atoms. The van der Waals surface area contributed by atoms with E-state index in [2.05, 4.69) is 5.32 Å². The van der Waals surface area contributed by atoms with Crippen LogP contribution in [0.5, 0.6) is 17.2 Å². The van der Waals surface area contributed by atoms with Gasteiger partial charge in [0.2, 0.25) is 0 Å². The minimum Gasteiger partial charge on any atom is -0.494 e. The maximum absolute atomic E-state index is 12.4. The van der Waals surface area contributed by atoms with Crippen molar-refractivity contribution in [2.45, 2.75) is 6.92 Å². The van der Waals surface area contributed by atoms with Crippen LogP contribution in [0.3, 0.4) is 0 Å². The fourth-order valence-electron chi connectivity index (χ4n) is 2.25. The Kier molecular flexibility index (Phi) is 4.57. The number of carbonyl (C=O) groups excluding carboxylic acids is 1. The first-order chi connectivity index (χ1) is 11.2. The predicted octanol–water partition coefficient (Wildman–Crippen LogP) is 3.76. The van der Waals surface area contributed by atoms with Crippen LogP contribution in [-0.4, -0.2) is 25.7 Å². The second-order valence-electron chi connectivity index (χ2n) is 4.89. The maximum Gasteiger partial charge on any atom is 0.255 e. The fourth-order valence-corrected chi connectivity index (χ4v) is 2.51. The van der Waals surface area contributed by atoms with Gasteiger partial charge in [-0.15, -0.1) is 0 Å². The summed E-state index contributed by atoms with van der Waals surface area (Å²) in [6.07, 6.45) is 0. The highest BCUT2D eigenvalue weighted by atomic mass is 35.5. The van der Waals surface area contributed by atoms with Crippen LogP contribution in [0.2, 0.25) is 5.02 Å². The van der Waals surface area contributed by atoms with Crippen LogP contribution < -0.4 is 19.5 Å². The molecule has 1 aliphatic rings. The molecule has 1 heterocycles. The molecule has 0 aromatic heterocycles. The average Bonchev–Trinajstić information content (AvgIpc) is 2.57. The fraction of sp³-hybridized carbons (Fsp3) is 0.235. The third-order valence-electron chi connectivity index (χ3n) is 3.28. The van der Waals surface area contributed by atoms with E-state index in [0.29, 0.717) is 47.6 Å². The monoisotopic (exact) mass is 333 g/mol. The number of anilines is 1. The number of fused-ring (bicyclic) bond motifs is 1. The first-order valence-electron chi connectivity index (χ1n) is 7.30. The van der Waals surface area contributed by atoms with Gasteiger partial charge in [-0.1, -0.05) is 11.6 Å². The molecule has 2 aromatic carbocycles. The number of benzene rings is 2. The lowest BCUT2D eigenvalue weighted by Crippen LogP contribution is -2.17. The average molecular weight is 334 g/mol. The molecule has 0 radical (unpaired) electrons. The Labute approximate surface area is 139 Å². The van der Waals surface area contributed by atoms with Gasteiger partial charge in [-0.3, -0.25) is 4.79 Å². The maximum atomic E-state index is 12.4. The lowest BCUT2D eigenvalue weighted by atomic mass is 10.1. The van der Waals surface area contributed by atoms with E-state index < -0.39 is 0 Å². The zero-order chi connectivity index (χ0) is 16.2. The molecule has 1 N–H and O–H groups in total. The minimum absolute atomic E-state index is 0.270. The number of hydrogen-bond acceptors (Lipinski definition) is 4. The Morgan fingerprint density at radius 2 is 1.96 bits per heavy atom. The normalized spacial score (nSPS) is 12.6. The second-order valence-corrected chi connectivity index (χ2v) is 5.30. The van der Waals surface area contributed by atoms with Gasteiger partial charge in [0.1, 0.15) is 19.0 Å². The van der Waals surface area contributed by atoms with Gasteiger partial charge in [0.05, 0.1) is 11.6 Å². The molecule has 1 amide bonds. The summed E-state index contributed by atoms with van der Waals surface area (Å²) in [6.45, 7) is 3.40. The van der Waals surface area contributed by atoms with Gasteiger partial charge in [0.15, 0.2) is 11.5 Å². The minimum atomic E-state index is -0.270. The van der Waals surface area contributed by atoms with Crippen LogP contribution in [0.25, 0.3) is 0 Å². The van der Waals surface area contributed by atoms with Crippen molar-refractivity contribution in [3.05, 3.63) is 47.0 Å². The lowest BCUT2D eigenvalue weighted by Gasteiger charge is -2.20. The molecule has 0 saturated carbocycles. The molecule has 1 aliphatic heterocycles. The van der Waals surface area contributed by atoms with Crippen LogP contribution in [-0.2, 0) is 0 Å². The SMILES string of the molecule is CCOc1ccc(NC(=O)c2cc(Cl)c3c(c2)OCCO3)cc1. The van der Waals surface area contributed by atoms with Crippen LogP contribution >= 0.6 is 11.6 Å². The highest BCUT2D eigenvalue weighted by molar-refractivity contribution is 6.32. The Hall–Kier alpha value is -2.40. The van der Waals surface area contributed by atoms with Crippen LogP contribution in [0.15, 0.2) is 36.4 Å². The second kappa shape index (κ2) is 6.79. The summed E-state index contributed by atoms with van der Waals surface area (Å²) in [7, 11) is 0. The number of carbonyl (C=O) groups is 1. The van der Waals surface area contributed by atoms with Crippen LogP contribution in [0.4, 0.5) is 5.69 Å². The molecule has 3 rings (SSSR count). The summed E-state index contributed by atoms with van der Waals surface area (Å²) >= 11 is 6.15. The lowest BCUT2D eigenvalue weighted by molar-refractivity contribution is 0.102. The molecule has 2 aromatic rings. The van der Waals surface area contributed by atoms with E-state index >= 15 is 0 Å². The third kappa shape index (κ3) is 3.51. The molecule has 5 nitrogen and oxygen atoms in total. The molecule has 0 atom stereocenters. The van der Waals surface area contributed by atoms with Gasteiger partial charge in [-0.25, -0.2) is 0 Å². The smallest absolute Gasteiger partial charge is 0.255 e. The zero-order valence-corrected chi connectivity index (χ0v) is 13.4. The number of amides is 1. The summed E-state index contributed by atoms with van der Waals surface area (Å²) in [5, 5.41) is 3.17. The molecule has 0 spiro atoms. The van der Waals surface area contributed by atoms with Crippen molar-refractivity contribution in [3.63, 3.8) is 0 Å². The van der Waals surface area contributed by atoms with Crippen LogP contribution in [0, 0.1) is 0 Å². The van der Waals surface area contributed by atoms with Gasteiger partial charge in [-0.05, 0) is 43.3 Å². The van der Waals surface area contributed by atoms with Crippen molar-refractivity contribution in [1.82, 2.24) is 0 Å². The Bertz CT molecular complexity index is 715. The summed E-state index contributed by atoms with van der Waals surface area (Å²) in [4.78, 5) is 12.4. The number of nitrogens with one attached hydrogen (secondary N) is 1. The Morgan fingerprint density at radius 1 is 1.22 bits per heavy atom. The zero-order valence-electron chi connectivity index (χ0n) is 12.6. The van der Waals surface area contributed by atoms with Gasteiger partial charge >= 0.3 is 0 Å². The third-order valence-corrected chi connectivity index (χ3v) is 3.56. The van der Waals surface area contributed by atoms with E-state index in [0.717, 1.165) is 5.75 Å². The van der Waals surface area contributed by atoms with E-state index in [1.165, 1.54) is 0 Å². The van der Waals surface area contributed by atoms with Gasteiger partial charge in [0.25, 0.3) is 5.91 Å². The van der Waals surface area contributed by atoms with Crippen molar-refractivity contribution in [2.24, 2.45) is 0 Å². The first-order valence-corrected chi connectivity index (χ1v) is 7.68. The number of rotatable bonds is 4. The molecule has 0 saturated heterocycles. The van der Waals surface area contributed by atoms with E-state index in [4.69, 9.17) is 25.8 Å². The van der Waals surface area contributed by atoms with E-state index in [1.54, 1.807) is 36.4 Å². The summed E-state index contributed by atoms with van der Waals surface area (Å²) in [6, 6.07) is 10.4. The standard InChI is InChI=1S/C17H16ClNO4/c1-2-21-13-5-3-12(4-6-13)19-17(20)11-9-14(18)16-15(10-11)22-7-8-23-16/h3-6,9-10H,2,7-8H2,1H3,(H,19,20). The highest BCUT2D eigenvalue weighted by Crippen LogP contribution is 2.38. The molecule has 23 heavy (non-hydrogen) atoms. The topological polar surface area (TPSA) is 56.8 Å². The highest BCUT2D eigenvalue weighted by Gasteiger charge is 2.19. The first kappa shape index (κ1) is 15.5. The van der Waals surface area contributed by atoms with Crippen molar-refractivity contribution in [1.29, 1.82) is 0 Å². The Balaban J connectivity index is 1.76. The number of hydrogen-bond donors (Lipinski definition) is 1. The van der Waals surface area contributed by atoms with Crippen molar-refractivity contribution in [2.75, 3.05) is 25.1 Å². The van der Waals surface area contributed by atoms with Gasteiger partial charge < -0.3 is 19.5 Å². The molecular weight excluding hydrogens is 318 g/mol. The summed E-state index contributed by atoms with van der Waals surface area (Å²) in [5.74, 6) is 1.46. The van der Waals surface area contributed by atoms with Crippen molar-refractivity contribution < 1.29 is 19.0 Å². The van der Waals surface area contributed by atoms with Gasteiger partial charge in [-0.2, -0.15) is 0 Å². The molecule has 120 valence electrons.